The molecule has 22 heavy (non-hydrogen) atoms. The lowest BCUT2D eigenvalue weighted by Gasteiger charge is -2.19. The molecule has 0 spiro atoms. The van der Waals surface area contributed by atoms with Crippen LogP contribution >= 0.6 is 0 Å². The van der Waals surface area contributed by atoms with Crippen LogP contribution < -0.4 is 10.6 Å². The lowest BCUT2D eigenvalue weighted by molar-refractivity contribution is -0.385. The number of hydrogen-bond acceptors (Lipinski definition) is 6. The third-order valence-electron chi connectivity index (χ3n) is 2.52. The van der Waals surface area contributed by atoms with E-state index in [9.17, 15) is 19.7 Å². The minimum Gasteiger partial charge on any atom is -0.450 e. The summed E-state index contributed by atoms with van der Waals surface area (Å²) in [6.07, 6.45) is -2.79. The second-order valence-corrected chi connectivity index (χ2v) is 3.98. The minimum absolute atomic E-state index is 0.105. The molecule has 2 N–H and O–H groups in total. The quantitative estimate of drug-likeness (QED) is 0.471. The fourth-order valence-corrected chi connectivity index (χ4v) is 1.67. The summed E-state index contributed by atoms with van der Waals surface area (Å²) in [6, 6.07) is 5.71. The third kappa shape index (κ3) is 4.93. The molecule has 0 aliphatic rings. The van der Waals surface area contributed by atoms with Crippen LogP contribution in [0.25, 0.3) is 0 Å². The smallest absolute Gasteiger partial charge is 0.409 e. The van der Waals surface area contributed by atoms with E-state index in [1.54, 1.807) is 19.9 Å². The fourth-order valence-electron chi connectivity index (χ4n) is 1.67. The number of carbonyl (C=O) groups excluding carboxylic acids is 2. The molecule has 9 heteroatoms. The van der Waals surface area contributed by atoms with Crippen molar-refractivity contribution < 1.29 is 24.0 Å². The monoisotopic (exact) mass is 311 g/mol. The Labute approximate surface area is 126 Å². The average Bonchev–Trinajstić information content (AvgIpc) is 2.47. The zero-order valence-corrected chi connectivity index (χ0v) is 12.2. The van der Waals surface area contributed by atoms with Crippen molar-refractivity contribution in [3.05, 3.63) is 39.9 Å². The molecule has 0 saturated heterocycles. The number of rotatable bonds is 6. The second-order valence-electron chi connectivity index (χ2n) is 3.98. The number of alkyl carbamates (subject to hydrolysis) is 2. The fraction of sp³-hybridized carbons (Fsp3) is 0.385. The van der Waals surface area contributed by atoms with Gasteiger partial charge in [0, 0.05) is 6.07 Å². The molecule has 9 nitrogen and oxygen atoms in total. The molecule has 1 aromatic carbocycles. The summed E-state index contributed by atoms with van der Waals surface area (Å²) >= 11 is 0. The van der Waals surface area contributed by atoms with Gasteiger partial charge in [-0.25, -0.2) is 9.59 Å². The summed E-state index contributed by atoms with van der Waals surface area (Å²) in [5.74, 6) is 0. The standard InChI is InChI=1S/C13H17N3O6/c1-3-21-12(17)14-11(15-13(18)22-4-2)9-7-5-6-8-10(9)16(19)20/h5-8,11H,3-4H2,1-2H3,(H,14,17)(H,15,18). The zero-order valence-electron chi connectivity index (χ0n) is 12.2. The van der Waals surface area contributed by atoms with E-state index >= 15 is 0 Å². The van der Waals surface area contributed by atoms with Gasteiger partial charge in [0.25, 0.3) is 5.69 Å². The number of hydrogen-bond donors (Lipinski definition) is 2. The van der Waals surface area contributed by atoms with E-state index in [2.05, 4.69) is 10.6 Å². The first-order chi connectivity index (χ1) is 10.5. The number of carbonyl (C=O) groups is 2. The Morgan fingerprint density at radius 2 is 1.64 bits per heavy atom. The molecule has 120 valence electrons. The summed E-state index contributed by atoms with van der Waals surface area (Å²) in [7, 11) is 0. The Morgan fingerprint density at radius 1 is 1.14 bits per heavy atom. The van der Waals surface area contributed by atoms with Crippen LogP contribution in [-0.4, -0.2) is 30.3 Å². The summed E-state index contributed by atoms with van der Waals surface area (Å²) in [6.45, 7) is 3.46. The molecule has 0 unspecified atom stereocenters. The number of nitro benzene ring substituents is 1. The Hall–Kier alpha value is -2.84. The van der Waals surface area contributed by atoms with Crippen LogP contribution in [0.1, 0.15) is 25.6 Å². The molecule has 0 aliphatic carbocycles. The van der Waals surface area contributed by atoms with E-state index in [1.807, 2.05) is 0 Å². The second kappa shape index (κ2) is 8.45. The first-order valence-electron chi connectivity index (χ1n) is 6.59. The molecule has 0 fully saturated rings. The number of nitro groups is 1. The number of ether oxygens (including phenoxy) is 2. The van der Waals surface area contributed by atoms with Crippen LogP contribution in [-0.2, 0) is 9.47 Å². The van der Waals surface area contributed by atoms with E-state index in [1.165, 1.54) is 18.2 Å². The lowest BCUT2D eigenvalue weighted by atomic mass is 10.1. The number of nitrogens with zero attached hydrogens (tertiary/aromatic N) is 1. The van der Waals surface area contributed by atoms with Crippen molar-refractivity contribution in [2.75, 3.05) is 13.2 Å². The normalized spacial score (nSPS) is 9.95. The molecule has 0 aromatic heterocycles. The van der Waals surface area contributed by atoms with Crippen molar-refractivity contribution in [1.82, 2.24) is 10.6 Å². The van der Waals surface area contributed by atoms with Crippen molar-refractivity contribution in [2.45, 2.75) is 20.0 Å². The van der Waals surface area contributed by atoms with Crippen LogP contribution in [0.2, 0.25) is 0 Å². The molecule has 0 saturated carbocycles. The molecular formula is C13H17N3O6. The highest BCUT2D eigenvalue weighted by Crippen LogP contribution is 2.23. The minimum atomic E-state index is -1.15. The predicted molar refractivity (Wildman–Crippen MR) is 76.2 cm³/mol. The topological polar surface area (TPSA) is 120 Å². The Bertz CT molecular complexity index is 528. The molecular weight excluding hydrogens is 294 g/mol. The Kier molecular flexibility index (Phi) is 6.61. The van der Waals surface area contributed by atoms with Gasteiger partial charge in [0.15, 0.2) is 0 Å². The van der Waals surface area contributed by atoms with E-state index in [4.69, 9.17) is 9.47 Å². The third-order valence-corrected chi connectivity index (χ3v) is 2.52. The van der Waals surface area contributed by atoms with Gasteiger partial charge < -0.3 is 9.47 Å². The maximum absolute atomic E-state index is 11.6. The molecule has 1 aromatic rings. The summed E-state index contributed by atoms with van der Waals surface area (Å²) in [5, 5.41) is 15.7. The SMILES string of the molecule is CCOC(=O)NC(NC(=O)OCC)c1ccccc1[N+](=O)[O-]. The highest BCUT2D eigenvalue weighted by Gasteiger charge is 2.25. The van der Waals surface area contributed by atoms with Gasteiger partial charge >= 0.3 is 12.2 Å². The van der Waals surface area contributed by atoms with Gasteiger partial charge in [-0.15, -0.1) is 0 Å². The van der Waals surface area contributed by atoms with Crippen LogP contribution in [0.15, 0.2) is 24.3 Å². The van der Waals surface area contributed by atoms with Gasteiger partial charge in [-0.1, -0.05) is 12.1 Å². The number of amides is 2. The average molecular weight is 311 g/mol. The van der Waals surface area contributed by atoms with Crippen molar-refractivity contribution in [3.8, 4) is 0 Å². The number of nitrogens with one attached hydrogen (secondary N) is 2. The molecule has 2 amide bonds. The number of para-hydroxylation sites is 1. The van der Waals surface area contributed by atoms with Crippen molar-refractivity contribution >= 4 is 17.9 Å². The van der Waals surface area contributed by atoms with E-state index < -0.39 is 23.3 Å². The predicted octanol–water partition coefficient (Wildman–Crippen LogP) is 2.09. The van der Waals surface area contributed by atoms with E-state index in [0.717, 1.165) is 0 Å². The van der Waals surface area contributed by atoms with Gasteiger partial charge in [0.2, 0.25) is 0 Å². The zero-order chi connectivity index (χ0) is 16.5. The maximum atomic E-state index is 11.6. The summed E-state index contributed by atoms with van der Waals surface area (Å²) in [4.78, 5) is 33.6. The molecule has 0 heterocycles. The highest BCUT2D eigenvalue weighted by atomic mass is 16.6. The van der Waals surface area contributed by atoms with Gasteiger partial charge in [0.1, 0.15) is 6.17 Å². The Balaban J connectivity index is 3.05. The van der Waals surface area contributed by atoms with Gasteiger partial charge in [-0.3, -0.25) is 20.7 Å². The van der Waals surface area contributed by atoms with Gasteiger partial charge in [-0.2, -0.15) is 0 Å². The van der Waals surface area contributed by atoms with E-state index in [-0.39, 0.29) is 24.5 Å². The molecule has 0 aliphatic heterocycles. The molecule has 0 atom stereocenters. The van der Waals surface area contributed by atoms with Crippen LogP contribution in [0.4, 0.5) is 15.3 Å². The van der Waals surface area contributed by atoms with Crippen molar-refractivity contribution in [3.63, 3.8) is 0 Å². The first-order valence-corrected chi connectivity index (χ1v) is 6.59. The maximum Gasteiger partial charge on any atom is 0.409 e. The van der Waals surface area contributed by atoms with Gasteiger partial charge in [-0.05, 0) is 19.9 Å². The Morgan fingerprint density at radius 3 is 2.09 bits per heavy atom. The van der Waals surface area contributed by atoms with Crippen molar-refractivity contribution in [1.29, 1.82) is 0 Å². The first kappa shape index (κ1) is 17.2. The molecule has 1 rings (SSSR count). The summed E-state index contributed by atoms with van der Waals surface area (Å²) < 4.78 is 9.45. The van der Waals surface area contributed by atoms with Crippen LogP contribution in [0.5, 0.6) is 0 Å². The van der Waals surface area contributed by atoms with Crippen LogP contribution in [0.3, 0.4) is 0 Å². The van der Waals surface area contributed by atoms with Crippen molar-refractivity contribution in [2.24, 2.45) is 0 Å². The lowest BCUT2D eigenvalue weighted by Crippen LogP contribution is -2.41. The highest BCUT2D eigenvalue weighted by molar-refractivity contribution is 5.72. The molecule has 0 bridgehead atoms. The summed E-state index contributed by atoms with van der Waals surface area (Å²) in [5.41, 5.74) is -0.144. The van der Waals surface area contributed by atoms with E-state index in [0.29, 0.717) is 0 Å². The largest absolute Gasteiger partial charge is 0.450 e. The van der Waals surface area contributed by atoms with Crippen LogP contribution in [0, 0.1) is 10.1 Å². The molecule has 0 radical (unpaired) electrons. The van der Waals surface area contributed by atoms with Gasteiger partial charge in [0.05, 0.1) is 23.7 Å². The number of benzene rings is 1.